The van der Waals surface area contributed by atoms with Gasteiger partial charge in [0, 0.05) is 18.7 Å². The molecule has 0 unspecified atom stereocenters. The first kappa shape index (κ1) is 21.1. The van der Waals surface area contributed by atoms with E-state index in [9.17, 15) is 13.2 Å². The number of nitrogens with zero attached hydrogens (tertiary/aromatic N) is 1. The second-order valence-corrected chi connectivity index (χ2v) is 8.68. The molecule has 0 aromatic heterocycles. The Balaban J connectivity index is 1.68. The highest BCUT2D eigenvalue weighted by molar-refractivity contribution is 7.89. The van der Waals surface area contributed by atoms with E-state index in [1.165, 1.54) is 35.7 Å². The van der Waals surface area contributed by atoms with Crippen molar-refractivity contribution >= 4 is 16.0 Å². The Kier molecular flexibility index (Phi) is 6.76. The lowest BCUT2D eigenvalue weighted by molar-refractivity contribution is 0.0469. The van der Waals surface area contributed by atoms with Crippen molar-refractivity contribution in [1.29, 1.82) is 0 Å². The summed E-state index contributed by atoms with van der Waals surface area (Å²) in [6.45, 7) is 1.08. The van der Waals surface area contributed by atoms with Gasteiger partial charge in [-0.1, -0.05) is 6.42 Å². The highest BCUT2D eigenvalue weighted by Crippen LogP contribution is 2.25. The molecular weight excluding hydrogens is 394 g/mol. The van der Waals surface area contributed by atoms with Gasteiger partial charge in [0.25, 0.3) is 0 Å². The van der Waals surface area contributed by atoms with Crippen LogP contribution in [0.15, 0.2) is 47.4 Å². The third-order valence-corrected chi connectivity index (χ3v) is 6.80. The fourth-order valence-corrected chi connectivity index (χ4v) is 4.76. The second kappa shape index (κ2) is 9.28. The second-order valence-electron chi connectivity index (χ2n) is 6.74. The summed E-state index contributed by atoms with van der Waals surface area (Å²) in [6.07, 6.45) is 2.80. The molecule has 2 aromatic rings. The number of hydrogen-bond donors (Lipinski definition) is 0. The molecule has 0 amide bonds. The smallest absolute Gasteiger partial charge is 0.338 e. The van der Waals surface area contributed by atoms with Gasteiger partial charge in [-0.15, -0.1) is 0 Å². The molecule has 1 fully saturated rings. The molecule has 8 heteroatoms. The topological polar surface area (TPSA) is 82.1 Å². The molecule has 0 spiro atoms. The molecule has 0 radical (unpaired) electrons. The number of rotatable bonds is 7. The van der Waals surface area contributed by atoms with Gasteiger partial charge < -0.3 is 14.2 Å². The van der Waals surface area contributed by atoms with Crippen LogP contribution in [0.3, 0.4) is 0 Å². The molecule has 0 atom stereocenters. The number of ether oxygens (including phenoxy) is 3. The first-order valence-electron chi connectivity index (χ1n) is 9.44. The normalized spacial score (nSPS) is 15.0. The van der Waals surface area contributed by atoms with Gasteiger partial charge in [0.15, 0.2) is 0 Å². The number of carbonyl (C=O) groups excluding carboxylic acids is 1. The Bertz CT molecular complexity index is 950. The number of sulfonamides is 1. The maximum absolute atomic E-state index is 12.7. The summed E-state index contributed by atoms with van der Waals surface area (Å²) >= 11 is 0. The molecule has 2 aromatic carbocycles. The van der Waals surface area contributed by atoms with E-state index in [4.69, 9.17) is 14.2 Å². The quantitative estimate of drug-likeness (QED) is 0.641. The number of hydrogen-bond acceptors (Lipinski definition) is 6. The first-order valence-corrected chi connectivity index (χ1v) is 10.9. The van der Waals surface area contributed by atoms with Gasteiger partial charge >= 0.3 is 5.97 Å². The third-order valence-electron chi connectivity index (χ3n) is 4.89. The Hall–Kier alpha value is -2.58. The van der Waals surface area contributed by atoms with Gasteiger partial charge in [-0.3, -0.25) is 0 Å². The molecule has 1 aliphatic rings. The zero-order valence-electron chi connectivity index (χ0n) is 16.6. The van der Waals surface area contributed by atoms with Crippen LogP contribution < -0.4 is 9.47 Å². The van der Waals surface area contributed by atoms with Crippen molar-refractivity contribution in [3.63, 3.8) is 0 Å². The lowest BCUT2D eigenvalue weighted by Gasteiger charge is -2.25. The van der Waals surface area contributed by atoms with E-state index in [1.807, 2.05) is 0 Å². The minimum atomic E-state index is -3.53. The molecule has 1 saturated heterocycles. The number of esters is 1. The lowest BCUT2D eigenvalue weighted by atomic mass is 10.2. The molecule has 0 bridgehead atoms. The first-order chi connectivity index (χ1) is 14.0. The van der Waals surface area contributed by atoms with Gasteiger partial charge in [0.1, 0.15) is 18.1 Å². The lowest BCUT2D eigenvalue weighted by Crippen LogP contribution is -2.35. The van der Waals surface area contributed by atoms with E-state index in [-0.39, 0.29) is 17.1 Å². The Morgan fingerprint density at radius 1 is 0.966 bits per heavy atom. The maximum Gasteiger partial charge on any atom is 0.338 e. The van der Waals surface area contributed by atoms with Crippen LogP contribution in [0.4, 0.5) is 0 Å². The summed E-state index contributed by atoms with van der Waals surface area (Å²) in [5.41, 5.74) is 0.953. The summed E-state index contributed by atoms with van der Waals surface area (Å²) < 4.78 is 42.7. The van der Waals surface area contributed by atoms with Crippen LogP contribution in [-0.2, 0) is 21.4 Å². The van der Waals surface area contributed by atoms with Crippen LogP contribution >= 0.6 is 0 Å². The fraction of sp³-hybridized carbons (Fsp3) is 0.381. The zero-order chi connectivity index (χ0) is 20.9. The minimum Gasteiger partial charge on any atom is -0.497 e. The van der Waals surface area contributed by atoms with Gasteiger partial charge in [0.05, 0.1) is 24.7 Å². The molecule has 29 heavy (non-hydrogen) atoms. The van der Waals surface area contributed by atoms with Crippen molar-refractivity contribution in [2.45, 2.75) is 30.8 Å². The monoisotopic (exact) mass is 419 g/mol. The standard InChI is InChI=1S/C21H25NO6S/c1-26-18-8-11-20(27-2)17(14-18)15-28-21(23)16-6-9-19(10-7-16)29(24,25)22-12-4-3-5-13-22/h6-11,14H,3-5,12-13,15H2,1-2H3. The van der Waals surface area contributed by atoms with Crippen LogP contribution in [0, 0.1) is 0 Å². The molecular formula is C21H25NO6S. The summed E-state index contributed by atoms with van der Waals surface area (Å²) in [5.74, 6) is 0.669. The summed E-state index contributed by atoms with van der Waals surface area (Å²) in [4.78, 5) is 12.6. The molecule has 0 aliphatic carbocycles. The third kappa shape index (κ3) is 4.89. The van der Waals surface area contributed by atoms with Crippen molar-refractivity contribution in [3.05, 3.63) is 53.6 Å². The van der Waals surface area contributed by atoms with Gasteiger partial charge in [-0.2, -0.15) is 4.31 Å². The van der Waals surface area contributed by atoms with Crippen molar-refractivity contribution in [3.8, 4) is 11.5 Å². The van der Waals surface area contributed by atoms with Crippen molar-refractivity contribution in [1.82, 2.24) is 4.31 Å². The Morgan fingerprint density at radius 3 is 2.28 bits per heavy atom. The number of carbonyl (C=O) groups is 1. The van der Waals surface area contributed by atoms with Crippen LogP contribution in [-0.4, -0.2) is 46.0 Å². The summed E-state index contributed by atoms with van der Waals surface area (Å²) in [5, 5.41) is 0. The van der Waals surface area contributed by atoms with E-state index in [2.05, 4.69) is 0 Å². The fourth-order valence-electron chi connectivity index (χ4n) is 3.24. The molecule has 0 N–H and O–H groups in total. The van der Waals surface area contributed by atoms with E-state index >= 15 is 0 Å². The van der Waals surface area contributed by atoms with Gasteiger partial charge in [-0.05, 0) is 55.3 Å². The van der Waals surface area contributed by atoms with Crippen molar-refractivity contribution in [2.24, 2.45) is 0 Å². The van der Waals surface area contributed by atoms with Crippen LogP contribution in [0.2, 0.25) is 0 Å². The summed E-state index contributed by atoms with van der Waals surface area (Å²) in [6, 6.07) is 11.1. The van der Waals surface area contributed by atoms with Crippen LogP contribution in [0.1, 0.15) is 35.2 Å². The molecule has 3 rings (SSSR count). The van der Waals surface area contributed by atoms with Crippen LogP contribution in [0.25, 0.3) is 0 Å². The minimum absolute atomic E-state index is 0.00698. The number of benzene rings is 2. The largest absolute Gasteiger partial charge is 0.497 e. The summed E-state index contributed by atoms with van der Waals surface area (Å²) in [7, 11) is -0.437. The highest BCUT2D eigenvalue weighted by atomic mass is 32.2. The van der Waals surface area contributed by atoms with E-state index in [0.717, 1.165) is 19.3 Å². The number of methoxy groups -OCH3 is 2. The molecule has 156 valence electrons. The molecule has 7 nitrogen and oxygen atoms in total. The Morgan fingerprint density at radius 2 is 1.66 bits per heavy atom. The number of piperidine rings is 1. The van der Waals surface area contributed by atoms with E-state index < -0.39 is 16.0 Å². The van der Waals surface area contributed by atoms with Gasteiger partial charge in [0.2, 0.25) is 10.0 Å². The molecule has 1 heterocycles. The van der Waals surface area contributed by atoms with Crippen LogP contribution in [0.5, 0.6) is 11.5 Å². The van der Waals surface area contributed by atoms with Crippen molar-refractivity contribution in [2.75, 3.05) is 27.3 Å². The predicted octanol–water partition coefficient (Wildman–Crippen LogP) is 3.24. The van der Waals surface area contributed by atoms with Crippen molar-refractivity contribution < 1.29 is 27.4 Å². The molecule has 1 aliphatic heterocycles. The highest BCUT2D eigenvalue weighted by Gasteiger charge is 2.26. The molecule has 0 saturated carbocycles. The van der Waals surface area contributed by atoms with E-state index in [1.54, 1.807) is 25.3 Å². The van der Waals surface area contributed by atoms with Gasteiger partial charge in [-0.25, -0.2) is 13.2 Å². The Labute approximate surface area is 171 Å². The van der Waals surface area contributed by atoms with E-state index in [0.29, 0.717) is 30.2 Å². The SMILES string of the molecule is COc1ccc(OC)c(COC(=O)c2ccc(S(=O)(=O)N3CCCCC3)cc2)c1. The zero-order valence-corrected chi connectivity index (χ0v) is 17.4. The maximum atomic E-state index is 12.7. The average molecular weight is 419 g/mol. The average Bonchev–Trinajstić information content (AvgIpc) is 2.77. The predicted molar refractivity (Wildman–Crippen MR) is 108 cm³/mol.